The second-order valence-electron chi connectivity index (χ2n) is 6.61. The number of anilines is 1. The second kappa shape index (κ2) is 8.99. The molecule has 0 unspecified atom stereocenters. The Labute approximate surface area is 158 Å². The van der Waals surface area contributed by atoms with Gasteiger partial charge in [0.2, 0.25) is 5.91 Å². The lowest BCUT2D eigenvalue weighted by atomic mass is 10.1. The summed E-state index contributed by atoms with van der Waals surface area (Å²) in [7, 11) is 0. The number of nitrogen functional groups attached to an aromatic ring is 1. The molecule has 2 N–H and O–H groups in total. The monoisotopic (exact) mass is 380 g/mol. The van der Waals surface area contributed by atoms with E-state index in [4.69, 9.17) is 5.73 Å². The van der Waals surface area contributed by atoms with Crippen LogP contribution in [-0.4, -0.2) is 16.8 Å². The number of hydrogen-bond acceptors (Lipinski definition) is 2. The third-order valence-corrected chi connectivity index (χ3v) is 4.77. The van der Waals surface area contributed by atoms with Gasteiger partial charge in [0.25, 0.3) is 0 Å². The van der Waals surface area contributed by atoms with Gasteiger partial charge in [0.05, 0.1) is 6.42 Å². The predicted molar refractivity (Wildman–Crippen MR) is 101 cm³/mol. The first-order chi connectivity index (χ1) is 12.0. The second-order valence-corrected chi connectivity index (χ2v) is 6.61. The van der Waals surface area contributed by atoms with Crippen molar-refractivity contribution in [3.63, 3.8) is 0 Å². The molecule has 0 atom stereocenters. The van der Waals surface area contributed by atoms with Gasteiger partial charge >= 0.3 is 0 Å². The summed E-state index contributed by atoms with van der Waals surface area (Å²) in [6, 6.07) is 10.6. The highest BCUT2D eigenvalue weighted by atomic mass is 35.5. The molecule has 1 aliphatic carbocycles. The molecule has 3 nitrogen and oxygen atoms in total. The number of carbonyl (C=O) groups is 1. The fourth-order valence-corrected chi connectivity index (χ4v) is 3.40. The maximum absolute atomic E-state index is 14.0. The maximum Gasteiger partial charge on any atom is 0.227 e. The molecule has 2 aromatic rings. The zero-order valence-corrected chi connectivity index (χ0v) is 15.3. The number of nitrogens with two attached hydrogens (primary N) is 1. The van der Waals surface area contributed by atoms with Crippen molar-refractivity contribution >= 4 is 24.0 Å². The van der Waals surface area contributed by atoms with Gasteiger partial charge in [-0.25, -0.2) is 8.78 Å². The lowest BCUT2D eigenvalue weighted by Gasteiger charge is -2.29. The molecule has 1 saturated carbocycles. The van der Waals surface area contributed by atoms with Crippen molar-refractivity contribution in [2.45, 2.75) is 44.7 Å². The molecule has 0 saturated heterocycles. The standard InChI is InChI=1S/C20H22F2N2O.ClH/c21-16-7-10-19(22)15(12-16)13-24(18-3-1-2-4-18)20(25)11-14-5-8-17(23)9-6-14;/h5-10,12,18H,1-4,11,13,23H2;1H. The number of nitrogens with zero attached hydrogens (tertiary/aromatic N) is 1. The molecule has 0 heterocycles. The van der Waals surface area contributed by atoms with Gasteiger partial charge in [-0.15, -0.1) is 12.4 Å². The van der Waals surface area contributed by atoms with Gasteiger partial charge < -0.3 is 10.6 Å². The van der Waals surface area contributed by atoms with Gasteiger partial charge in [-0.1, -0.05) is 25.0 Å². The van der Waals surface area contributed by atoms with Crippen LogP contribution in [0.2, 0.25) is 0 Å². The number of amides is 1. The van der Waals surface area contributed by atoms with Crippen LogP contribution in [0.3, 0.4) is 0 Å². The Kier molecular flexibility index (Phi) is 6.98. The molecule has 2 aromatic carbocycles. The van der Waals surface area contributed by atoms with E-state index in [0.717, 1.165) is 43.4 Å². The van der Waals surface area contributed by atoms with Crippen molar-refractivity contribution in [2.24, 2.45) is 0 Å². The number of hydrogen-bond donors (Lipinski definition) is 1. The van der Waals surface area contributed by atoms with Crippen molar-refractivity contribution in [2.75, 3.05) is 5.73 Å². The third kappa shape index (κ3) is 4.94. The lowest BCUT2D eigenvalue weighted by molar-refractivity contribution is -0.133. The average Bonchev–Trinajstić information content (AvgIpc) is 3.11. The fraction of sp³-hybridized carbons (Fsp3) is 0.350. The van der Waals surface area contributed by atoms with Gasteiger partial charge in [0, 0.05) is 23.8 Å². The Hall–Kier alpha value is -2.14. The van der Waals surface area contributed by atoms with Crippen LogP contribution in [0, 0.1) is 11.6 Å². The molecular weight excluding hydrogens is 358 g/mol. The minimum Gasteiger partial charge on any atom is -0.399 e. The zero-order chi connectivity index (χ0) is 17.8. The molecule has 6 heteroatoms. The molecule has 140 valence electrons. The summed E-state index contributed by atoms with van der Waals surface area (Å²) < 4.78 is 27.5. The minimum absolute atomic E-state index is 0. The molecule has 1 fully saturated rings. The predicted octanol–water partition coefficient (Wildman–Crippen LogP) is 4.48. The maximum atomic E-state index is 14.0. The Morgan fingerprint density at radius 1 is 1.08 bits per heavy atom. The Bertz CT molecular complexity index is 746. The van der Waals surface area contributed by atoms with Gasteiger partial charge in [-0.05, 0) is 48.7 Å². The van der Waals surface area contributed by atoms with E-state index in [1.54, 1.807) is 17.0 Å². The van der Waals surface area contributed by atoms with Crippen molar-refractivity contribution in [3.8, 4) is 0 Å². The first kappa shape index (κ1) is 20.2. The molecule has 0 aliphatic heterocycles. The van der Waals surface area contributed by atoms with Crippen LogP contribution in [0.1, 0.15) is 36.8 Å². The largest absolute Gasteiger partial charge is 0.399 e. The first-order valence-corrected chi connectivity index (χ1v) is 8.61. The van der Waals surface area contributed by atoms with E-state index in [2.05, 4.69) is 0 Å². The van der Waals surface area contributed by atoms with Gasteiger partial charge in [-0.2, -0.15) is 0 Å². The summed E-state index contributed by atoms with van der Waals surface area (Å²) in [5.41, 5.74) is 7.40. The number of halogens is 3. The van der Waals surface area contributed by atoms with Crippen molar-refractivity contribution in [1.82, 2.24) is 4.90 Å². The highest BCUT2D eigenvalue weighted by molar-refractivity contribution is 5.85. The van der Waals surface area contributed by atoms with Gasteiger partial charge in [0.1, 0.15) is 11.6 Å². The molecule has 0 radical (unpaired) electrons. The van der Waals surface area contributed by atoms with Crippen LogP contribution in [0.15, 0.2) is 42.5 Å². The van der Waals surface area contributed by atoms with E-state index >= 15 is 0 Å². The summed E-state index contributed by atoms with van der Waals surface area (Å²) in [6.07, 6.45) is 4.16. The molecule has 0 aromatic heterocycles. The highest BCUT2D eigenvalue weighted by Crippen LogP contribution is 2.26. The molecule has 0 spiro atoms. The quantitative estimate of drug-likeness (QED) is 0.777. The molecule has 3 rings (SSSR count). The zero-order valence-electron chi connectivity index (χ0n) is 14.5. The van der Waals surface area contributed by atoms with E-state index in [0.29, 0.717) is 5.69 Å². The van der Waals surface area contributed by atoms with Crippen LogP contribution in [-0.2, 0) is 17.8 Å². The summed E-state index contributed by atoms with van der Waals surface area (Å²) in [5.74, 6) is -1.04. The fourth-order valence-electron chi connectivity index (χ4n) is 3.40. The minimum atomic E-state index is -0.492. The number of benzene rings is 2. The SMILES string of the molecule is Cl.Nc1ccc(CC(=O)N(Cc2cc(F)ccc2F)C2CCCC2)cc1. The molecule has 0 bridgehead atoms. The smallest absolute Gasteiger partial charge is 0.227 e. The Morgan fingerprint density at radius 3 is 2.38 bits per heavy atom. The molecule has 1 amide bonds. The molecule has 1 aliphatic rings. The number of rotatable bonds is 5. The average molecular weight is 381 g/mol. The van der Waals surface area contributed by atoms with E-state index in [1.165, 1.54) is 6.07 Å². The van der Waals surface area contributed by atoms with E-state index < -0.39 is 11.6 Å². The van der Waals surface area contributed by atoms with Crippen molar-refractivity contribution in [1.29, 1.82) is 0 Å². The van der Waals surface area contributed by atoms with E-state index in [1.807, 2.05) is 12.1 Å². The molecular formula is C20H23ClF2N2O. The summed E-state index contributed by atoms with van der Waals surface area (Å²) in [5, 5.41) is 0. The molecule has 26 heavy (non-hydrogen) atoms. The van der Waals surface area contributed by atoms with Crippen LogP contribution in [0.5, 0.6) is 0 Å². The normalized spacial score (nSPS) is 14.1. The lowest BCUT2D eigenvalue weighted by Crippen LogP contribution is -2.39. The van der Waals surface area contributed by atoms with Gasteiger partial charge in [-0.3, -0.25) is 4.79 Å². The third-order valence-electron chi connectivity index (χ3n) is 4.77. The van der Waals surface area contributed by atoms with E-state index in [9.17, 15) is 13.6 Å². The summed E-state index contributed by atoms with van der Waals surface area (Å²) >= 11 is 0. The van der Waals surface area contributed by atoms with Crippen molar-refractivity contribution < 1.29 is 13.6 Å². The Balaban J connectivity index is 0.00000243. The van der Waals surface area contributed by atoms with Crippen LogP contribution in [0.25, 0.3) is 0 Å². The first-order valence-electron chi connectivity index (χ1n) is 8.61. The summed E-state index contributed by atoms with van der Waals surface area (Å²) in [4.78, 5) is 14.6. The topological polar surface area (TPSA) is 46.3 Å². The van der Waals surface area contributed by atoms with Crippen LogP contribution < -0.4 is 5.73 Å². The van der Waals surface area contributed by atoms with E-state index in [-0.39, 0.29) is 42.9 Å². The number of carbonyl (C=O) groups excluding carboxylic acids is 1. The Morgan fingerprint density at radius 2 is 1.73 bits per heavy atom. The van der Waals surface area contributed by atoms with Crippen molar-refractivity contribution in [3.05, 3.63) is 65.2 Å². The van der Waals surface area contributed by atoms with Crippen LogP contribution >= 0.6 is 12.4 Å². The van der Waals surface area contributed by atoms with Gasteiger partial charge in [0.15, 0.2) is 0 Å². The van der Waals surface area contributed by atoms with Crippen LogP contribution in [0.4, 0.5) is 14.5 Å². The highest BCUT2D eigenvalue weighted by Gasteiger charge is 2.27. The summed E-state index contributed by atoms with van der Waals surface area (Å²) in [6.45, 7) is 0.0993.